The Labute approximate surface area is 130 Å². The van der Waals surface area contributed by atoms with E-state index < -0.39 is 6.10 Å². The van der Waals surface area contributed by atoms with Crippen molar-refractivity contribution in [3.8, 4) is 0 Å². The molecule has 0 bridgehead atoms. The fraction of sp³-hybridized carbons (Fsp3) is 0.471. The number of aliphatic hydroxyl groups excluding tert-OH is 1. The Morgan fingerprint density at radius 3 is 2.68 bits per heavy atom. The highest BCUT2D eigenvalue weighted by atomic mass is 19.1. The van der Waals surface area contributed by atoms with Crippen molar-refractivity contribution in [2.24, 2.45) is 5.92 Å². The van der Waals surface area contributed by atoms with Gasteiger partial charge >= 0.3 is 0 Å². The van der Waals surface area contributed by atoms with Gasteiger partial charge in [-0.2, -0.15) is 5.10 Å². The van der Waals surface area contributed by atoms with Crippen LogP contribution < -0.4 is 5.32 Å². The maximum atomic E-state index is 13.1. The molecule has 0 saturated heterocycles. The van der Waals surface area contributed by atoms with E-state index in [4.69, 9.17) is 0 Å². The molecule has 1 fully saturated rings. The molecule has 1 aromatic heterocycles. The Kier molecular flexibility index (Phi) is 4.85. The topological polar surface area (TPSA) is 50.1 Å². The van der Waals surface area contributed by atoms with Gasteiger partial charge in [0.05, 0.1) is 12.6 Å². The molecule has 4 nitrogen and oxygen atoms in total. The van der Waals surface area contributed by atoms with Gasteiger partial charge in [-0.1, -0.05) is 18.6 Å². The Morgan fingerprint density at radius 1 is 1.32 bits per heavy atom. The normalized spacial score (nSPS) is 17.9. The van der Waals surface area contributed by atoms with Gasteiger partial charge < -0.3 is 10.4 Å². The molecule has 1 aliphatic carbocycles. The maximum absolute atomic E-state index is 13.1. The van der Waals surface area contributed by atoms with Crippen LogP contribution in [0.25, 0.3) is 0 Å². The second kappa shape index (κ2) is 7.03. The molecule has 1 heterocycles. The molecule has 1 aliphatic rings. The molecule has 0 amide bonds. The van der Waals surface area contributed by atoms with Crippen LogP contribution in [0.4, 0.5) is 4.39 Å². The second-order valence-corrected chi connectivity index (χ2v) is 6.01. The fourth-order valence-corrected chi connectivity index (χ4v) is 2.95. The van der Waals surface area contributed by atoms with Crippen LogP contribution in [-0.4, -0.2) is 27.5 Å². The molecule has 1 saturated carbocycles. The summed E-state index contributed by atoms with van der Waals surface area (Å²) < 4.78 is 14.8. The number of hydrogen-bond acceptors (Lipinski definition) is 3. The average molecular weight is 303 g/mol. The predicted octanol–water partition coefficient (Wildman–Crippen LogP) is 2.51. The average Bonchev–Trinajstić information content (AvgIpc) is 2.95. The van der Waals surface area contributed by atoms with Crippen LogP contribution >= 0.6 is 0 Å². The molecule has 22 heavy (non-hydrogen) atoms. The molecule has 5 heteroatoms. The Hall–Kier alpha value is -1.72. The van der Waals surface area contributed by atoms with E-state index in [1.165, 1.54) is 31.4 Å². The van der Waals surface area contributed by atoms with E-state index in [-0.39, 0.29) is 11.9 Å². The first kappa shape index (κ1) is 15.2. The quantitative estimate of drug-likeness (QED) is 0.826. The van der Waals surface area contributed by atoms with Crippen molar-refractivity contribution in [2.45, 2.75) is 38.0 Å². The molecule has 0 radical (unpaired) electrons. The summed E-state index contributed by atoms with van der Waals surface area (Å²) >= 11 is 0. The van der Waals surface area contributed by atoms with E-state index in [9.17, 15) is 9.50 Å². The summed E-state index contributed by atoms with van der Waals surface area (Å²) in [7, 11) is 0. The minimum atomic E-state index is -0.497. The summed E-state index contributed by atoms with van der Waals surface area (Å²) in [6, 6.07) is 8.71. The van der Waals surface area contributed by atoms with Gasteiger partial charge in [-0.05, 0) is 42.5 Å². The van der Waals surface area contributed by atoms with Gasteiger partial charge in [0, 0.05) is 25.0 Å². The van der Waals surface area contributed by atoms with E-state index in [0.29, 0.717) is 19.0 Å². The van der Waals surface area contributed by atoms with Crippen molar-refractivity contribution in [2.75, 3.05) is 6.54 Å². The first-order chi connectivity index (χ1) is 10.7. The zero-order valence-corrected chi connectivity index (χ0v) is 12.5. The summed E-state index contributed by atoms with van der Waals surface area (Å²) in [6.07, 6.45) is 6.67. The number of rotatable bonds is 7. The molecule has 0 unspecified atom stereocenters. The summed E-state index contributed by atoms with van der Waals surface area (Å²) in [4.78, 5) is 0. The lowest BCUT2D eigenvalue weighted by atomic mass is 9.77. The molecule has 118 valence electrons. The van der Waals surface area contributed by atoms with E-state index in [1.807, 2.05) is 24.4 Å². The number of hydrogen-bond donors (Lipinski definition) is 2. The molecule has 0 aliphatic heterocycles. The van der Waals surface area contributed by atoms with Gasteiger partial charge in [-0.3, -0.25) is 4.68 Å². The smallest absolute Gasteiger partial charge is 0.123 e. The van der Waals surface area contributed by atoms with Crippen molar-refractivity contribution < 1.29 is 9.50 Å². The summed E-state index contributed by atoms with van der Waals surface area (Å²) in [5, 5.41) is 17.7. The van der Waals surface area contributed by atoms with Crippen molar-refractivity contribution in [3.05, 3.63) is 54.1 Å². The van der Waals surface area contributed by atoms with Gasteiger partial charge in [0.25, 0.3) is 0 Å². The Balaban J connectivity index is 1.59. The van der Waals surface area contributed by atoms with Gasteiger partial charge in [0.15, 0.2) is 0 Å². The number of aliphatic hydroxyl groups is 1. The Bertz CT molecular complexity index is 566. The van der Waals surface area contributed by atoms with Crippen molar-refractivity contribution in [1.82, 2.24) is 15.1 Å². The number of nitrogens with one attached hydrogen (secondary N) is 1. The molecule has 1 aromatic carbocycles. The monoisotopic (exact) mass is 303 g/mol. The third-order valence-electron chi connectivity index (χ3n) is 4.38. The molecule has 2 aromatic rings. The van der Waals surface area contributed by atoms with E-state index in [2.05, 4.69) is 10.4 Å². The Morgan fingerprint density at radius 2 is 2.09 bits per heavy atom. The van der Waals surface area contributed by atoms with Gasteiger partial charge in [-0.25, -0.2) is 4.39 Å². The SMILES string of the molecule is O[C@H](CN[C@@H](c1ccc(F)cc1)C1CCC1)Cn1cccn1. The van der Waals surface area contributed by atoms with Gasteiger partial charge in [0.1, 0.15) is 5.82 Å². The van der Waals surface area contributed by atoms with Crippen LogP contribution in [0.5, 0.6) is 0 Å². The standard InChI is InChI=1S/C17H22FN3O/c18-15-7-5-14(6-8-15)17(13-3-1-4-13)19-11-16(22)12-21-10-2-9-20-21/h2,5-10,13,16-17,19,22H,1,3-4,11-12H2/t16-,17-/m1/s1. The second-order valence-electron chi connectivity index (χ2n) is 6.01. The molecular weight excluding hydrogens is 281 g/mol. The fourth-order valence-electron chi connectivity index (χ4n) is 2.95. The van der Waals surface area contributed by atoms with Crippen LogP contribution in [0.1, 0.15) is 30.9 Å². The molecular formula is C17H22FN3O. The lowest BCUT2D eigenvalue weighted by Crippen LogP contribution is -2.38. The molecule has 2 N–H and O–H groups in total. The molecule has 2 atom stereocenters. The lowest BCUT2D eigenvalue weighted by molar-refractivity contribution is 0.130. The highest BCUT2D eigenvalue weighted by Gasteiger charge is 2.28. The first-order valence-corrected chi connectivity index (χ1v) is 7.87. The predicted molar refractivity (Wildman–Crippen MR) is 82.7 cm³/mol. The highest BCUT2D eigenvalue weighted by molar-refractivity contribution is 5.21. The van der Waals surface area contributed by atoms with E-state index >= 15 is 0 Å². The minimum Gasteiger partial charge on any atom is -0.390 e. The lowest BCUT2D eigenvalue weighted by Gasteiger charge is -2.35. The van der Waals surface area contributed by atoms with Gasteiger partial charge in [-0.15, -0.1) is 0 Å². The third-order valence-corrected chi connectivity index (χ3v) is 4.38. The number of benzene rings is 1. The van der Waals surface area contributed by atoms with E-state index in [0.717, 1.165) is 5.56 Å². The number of halogens is 1. The molecule has 0 spiro atoms. The van der Waals surface area contributed by atoms with Crippen LogP contribution in [0.3, 0.4) is 0 Å². The summed E-state index contributed by atoms with van der Waals surface area (Å²) in [5.74, 6) is 0.359. The van der Waals surface area contributed by atoms with Crippen molar-refractivity contribution in [1.29, 1.82) is 0 Å². The van der Waals surface area contributed by atoms with Crippen LogP contribution in [-0.2, 0) is 6.54 Å². The number of nitrogens with zero attached hydrogens (tertiary/aromatic N) is 2. The van der Waals surface area contributed by atoms with Crippen molar-refractivity contribution in [3.63, 3.8) is 0 Å². The first-order valence-electron chi connectivity index (χ1n) is 7.87. The van der Waals surface area contributed by atoms with Crippen LogP contribution in [0.15, 0.2) is 42.7 Å². The van der Waals surface area contributed by atoms with Crippen LogP contribution in [0, 0.1) is 11.7 Å². The van der Waals surface area contributed by atoms with E-state index in [1.54, 1.807) is 10.9 Å². The van der Waals surface area contributed by atoms with Gasteiger partial charge in [0.2, 0.25) is 0 Å². The maximum Gasteiger partial charge on any atom is 0.123 e. The summed E-state index contributed by atoms with van der Waals surface area (Å²) in [6.45, 7) is 0.971. The minimum absolute atomic E-state index is 0.182. The van der Waals surface area contributed by atoms with Crippen LogP contribution in [0.2, 0.25) is 0 Å². The van der Waals surface area contributed by atoms with Crippen molar-refractivity contribution >= 4 is 0 Å². The zero-order valence-electron chi connectivity index (χ0n) is 12.5. The molecule has 3 rings (SSSR count). The largest absolute Gasteiger partial charge is 0.390 e. The number of aromatic nitrogens is 2. The summed E-state index contributed by atoms with van der Waals surface area (Å²) in [5.41, 5.74) is 1.09. The zero-order chi connectivity index (χ0) is 15.4. The third kappa shape index (κ3) is 3.72. The highest BCUT2D eigenvalue weighted by Crippen LogP contribution is 2.37.